The van der Waals surface area contributed by atoms with Crippen molar-refractivity contribution in [3.63, 3.8) is 0 Å². The zero-order chi connectivity index (χ0) is 14.8. The van der Waals surface area contributed by atoms with Crippen LogP contribution < -0.4 is 5.32 Å². The van der Waals surface area contributed by atoms with Gasteiger partial charge in [0.25, 0.3) is 5.91 Å². The Morgan fingerprint density at radius 2 is 1.90 bits per heavy atom. The number of carbonyl (C=O) groups excluding carboxylic acids is 1. The van der Waals surface area contributed by atoms with Crippen molar-refractivity contribution in [1.29, 1.82) is 0 Å². The predicted molar refractivity (Wildman–Crippen MR) is 82.8 cm³/mol. The van der Waals surface area contributed by atoms with Crippen molar-refractivity contribution in [3.05, 3.63) is 65.4 Å². The van der Waals surface area contributed by atoms with Crippen molar-refractivity contribution in [3.8, 4) is 5.75 Å². The first kappa shape index (κ1) is 13.4. The first-order valence-electron chi connectivity index (χ1n) is 6.29. The zero-order valence-corrected chi connectivity index (χ0v) is 11.6. The Balaban J connectivity index is 2.06. The van der Waals surface area contributed by atoms with Gasteiger partial charge in [-0.25, -0.2) is 4.98 Å². The van der Waals surface area contributed by atoms with Gasteiger partial charge in [-0.3, -0.25) is 4.79 Å². The van der Waals surface area contributed by atoms with Crippen LogP contribution in [0.15, 0.2) is 54.7 Å². The van der Waals surface area contributed by atoms with Crippen molar-refractivity contribution in [2.45, 2.75) is 0 Å². The average molecular weight is 299 g/mol. The lowest BCUT2D eigenvalue weighted by Gasteiger charge is -2.10. The van der Waals surface area contributed by atoms with E-state index in [4.69, 9.17) is 11.6 Å². The van der Waals surface area contributed by atoms with Crippen LogP contribution >= 0.6 is 11.6 Å². The highest BCUT2D eigenvalue weighted by Gasteiger charge is 2.16. The van der Waals surface area contributed by atoms with E-state index >= 15 is 0 Å². The molecule has 3 aromatic rings. The second kappa shape index (κ2) is 5.42. The normalized spacial score (nSPS) is 10.5. The van der Waals surface area contributed by atoms with Gasteiger partial charge in [-0.05, 0) is 29.0 Å². The molecule has 0 aliphatic rings. The Hall–Kier alpha value is -2.59. The summed E-state index contributed by atoms with van der Waals surface area (Å²) in [6.07, 6.45) is 1.54. The van der Waals surface area contributed by atoms with Crippen LogP contribution in [-0.2, 0) is 0 Å². The summed E-state index contributed by atoms with van der Waals surface area (Å²) >= 11 is 5.93. The summed E-state index contributed by atoms with van der Waals surface area (Å²) in [6, 6.07) is 13.9. The number of phenols is 1. The zero-order valence-electron chi connectivity index (χ0n) is 10.9. The average Bonchev–Trinajstić information content (AvgIpc) is 2.49. The van der Waals surface area contributed by atoms with Gasteiger partial charge < -0.3 is 10.4 Å². The molecule has 0 unspecified atom stereocenters. The number of amides is 1. The molecule has 3 rings (SSSR count). The fourth-order valence-electron chi connectivity index (χ4n) is 2.16. The van der Waals surface area contributed by atoms with Crippen LogP contribution in [0.2, 0.25) is 5.15 Å². The number of aromatic hydroxyl groups is 1. The van der Waals surface area contributed by atoms with Crippen LogP contribution in [0.4, 0.5) is 5.69 Å². The van der Waals surface area contributed by atoms with Crippen molar-refractivity contribution in [1.82, 2.24) is 4.98 Å². The number of hydrogen-bond acceptors (Lipinski definition) is 3. The Morgan fingerprint density at radius 3 is 2.71 bits per heavy atom. The number of pyridine rings is 1. The Morgan fingerprint density at radius 1 is 1.10 bits per heavy atom. The molecule has 0 radical (unpaired) electrons. The van der Waals surface area contributed by atoms with E-state index < -0.39 is 5.91 Å². The Labute approximate surface area is 126 Å². The lowest BCUT2D eigenvalue weighted by atomic mass is 10.0. The van der Waals surface area contributed by atoms with E-state index in [0.29, 0.717) is 11.1 Å². The molecule has 1 heterocycles. The number of benzene rings is 2. The molecule has 104 valence electrons. The number of nitrogens with zero attached hydrogens (tertiary/aromatic N) is 1. The molecule has 0 fully saturated rings. The minimum absolute atomic E-state index is 0.0776. The quantitative estimate of drug-likeness (QED) is 0.706. The highest BCUT2D eigenvalue weighted by molar-refractivity contribution is 6.32. The molecule has 2 N–H and O–H groups in total. The first-order chi connectivity index (χ1) is 10.2. The number of fused-ring (bicyclic) bond motifs is 1. The number of aromatic nitrogens is 1. The number of rotatable bonds is 2. The van der Waals surface area contributed by atoms with Crippen LogP contribution in [0.25, 0.3) is 10.8 Å². The second-order valence-electron chi connectivity index (χ2n) is 4.48. The molecule has 0 spiro atoms. The second-order valence-corrected chi connectivity index (χ2v) is 4.83. The van der Waals surface area contributed by atoms with Crippen LogP contribution in [-0.4, -0.2) is 16.0 Å². The van der Waals surface area contributed by atoms with Crippen molar-refractivity contribution in [2.75, 3.05) is 5.32 Å². The smallest absolute Gasteiger partial charge is 0.260 e. The summed E-state index contributed by atoms with van der Waals surface area (Å²) in [4.78, 5) is 16.3. The summed E-state index contributed by atoms with van der Waals surface area (Å²) in [7, 11) is 0. The van der Waals surface area contributed by atoms with Crippen molar-refractivity contribution < 1.29 is 9.90 Å². The lowest BCUT2D eigenvalue weighted by molar-refractivity contribution is 0.102. The third kappa shape index (κ3) is 2.53. The Bertz CT molecular complexity index is 833. The van der Waals surface area contributed by atoms with Gasteiger partial charge in [-0.2, -0.15) is 0 Å². The summed E-state index contributed by atoms with van der Waals surface area (Å²) in [5.41, 5.74) is 0.615. The summed E-state index contributed by atoms with van der Waals surface area (Å²) in [5.74, 6) is -0.509. The molecule has 1 aromatic heterocycles. The molecule has 0 saturated carbocycles. The van der Waals surface area contributed by atoms with Gasteiger partial charge in [0.15, 0.2) is 5.15 Å². The maximum absolute atomic E-state index is 12.4. The van der Waals surface area contributed by atoms with E-state index in [1.807, 2.05) is 18.2 Å². The number of hydrogen-bond donors (Lipinski definition) is 2. The van der Waals surface area contributed by atoms with Crippen LogP contribution in [0, 0.1) is 0 Å². The van der Waals surface area contributed by atoms with Crippen molar-refractivity contribution in [2.24, 2.45) is 0 Å². The fourth-order valence-corrected chi connectivity index (χ4v) is 2.33. The number of phenolic OH excluding ortho intramolecular Hbond substituents is 1. The monoisotopic (exact) mass is 298 g/mol. The molecule has 0 aliphatic carbocycles. The number of nitrogens with one attached hydrogen (secondary N) is 1. The largest absolute Gasteiger partial charge is 0.507 e. The van der Waals surface area contributed by atoms with Gasteiger partial charge in [0, 0.05) is 6.20 Å². The molecule has 0 saturated heterocycles. The maximum atomic E-state index is 12.4. The van der Waals surface area contributed by atoms with Crippen molar-refractivity contribution >= 4 is 34.0 Å². The van der Waals surface area contributed by atoms with Gasteiger partial charge in [0.2, 0.25) is 0 Å². The van der Waals surface area contributed by atoms with E-state index in [1.165, 1.54) is 12.3 Å². The van der Waals surface area contributed by atoms with E-state index in [9.17, 15) is 9.90 Å². The molecule has 0 aliphatic heterocycles. The molecule has 21 heavy (non-hydrogen) atoms. The van der Waals surface area contributed by atoms with E-state index in [-0.39, 0.29) is 16.5 Å². The minimum atomic E-state index is -0.431. The SMILES string of the molecule is O=C(Nc1cccnc1Cl)c1c(O)ccc2ccccc12. The minimum Gasteiger partial charge on any atom is -0.507 e. The standard InChI is InChI=1S/C16H11ClN2O2/c17-15-12(6-3-9-18-15)19-16(21)14-11-5-2-1-4-10(11)7-8-13(14)20/h1-9,20H,(H,19,21). The Kier molecular flexibility index (Phi) is 3.46. The molecule has 1 amide bonds. The van der Waals surface area contributed by atoms with Gasteiger partial charge in [-0.1, -0.05) is 41.9 Å². The number of anilines is 1. The highest BCUT2D eigenvalue weighted by atomic mass is 35.5. The summed E-state index contributed by atoms with van der Waals surface area (Å²) < 4.78 is 0. The molecule has 0 atom stereocenters. The molecule has 5 heteroatoms. The topological polar surface area (TPSA) is 62.2 Å². The third-order valence-corrected chi connectivity index (χ3v) is 3.44. The van der Waals surface area contributed by atoms with E-state index in [0.717, 1.165) is 5.39 Å². The molecular weight excluding hydrogens is 288 g/mol. The van der Waals surface area contributed by atoms with Crippen LogP contribution in [0.5, 0.6) is 5.75 Å². The first-order valence-corrected chi connectivity index (χ1v) is 6.67. The fraction of sp³-hybridized carbons (Fsp3) is 0. The third-order valence-electron chi connectivity index (χ3n) is 3.14. The van der Waals surface area contributed by atoms with Crippen LogP contribution in [0.1, 0.15) is 10.4 Å². The maximum Gasteiger partial charge on any atom is 0.260 e. The predicted octanol–water partition coefficient (Wildman–Crippen LogP) is 3.85. The highest BCUT2D eigenvalue weighted by Crippen LogP contribution is 2.28. The van der Waals surface area contributed by atoms with Gasteiger partial charge in [-0.15, -0.1) is 0 Å². The molecule has 2 aromatic carbocycles. The van der Waals surface area contributed by atoms with Gasteiger partial charge >= 0.3 is 0 Å². The van der Waals surface area contributed by atoms with Crippen LogP contribution in [0.3, 0.4) is 0 Å². The summed E-state index contributed by atoms with van der Waals surface area (Å²) in [5, 5.41) is 14.4. The number of halogens is 1. The van der Waals surface area contributed by atoms with Gasteiger partial charge in [0.1, 0.15) is 5.75 Å². The van der Waals surface area contributed by atoms with Gasteiger partial charge in [0.05, 0.1) is 11.3 Å². The summed E-state index contributed by atoms with van der Waals surface area (Å²) in [6.45, 7) is 0. The molecule has 0 bridgehead atoms. The number of carbonyl (C=O) groups is 1. The lowest BCUT2D eigenvalue weighted by Crippen LogP contribution is -2.13. The molecule has 4 nitrogen and oxygen atoms in total. The van der Waals surface area contributed by atoms with E-state index in [2.05, 4.69) is 10.3 Å². The molecular formula is C16H11ClN2O2. The van der Waals surface area contributed by atoms with E-state index in [1.54, 1.807) is 24.3 Å².